The quantitative estimate of drug-likeness (QED) is 0.0830. The normalized spacial score (nSPS) is 11.6. The first kappa shape index (κ1) is 29.6. The molecule has 0 saturated carbocycles. The van der Waals surface area contributed by atoms with E-state index >= 15 is 0 Å². The first-order chi connectivity index (χ1) is 20.2. The third kappa shape index (κ3) is 7.28. The Kier molecular flexibility index (Phi) is 9.11. The van der Waals surface area contributed by atoms with Crippen molar-refractivity contribution in [3.05, 3.63) is 95.3 Å². The molecule has 0 unspecified atom stereocenters. The highest BCUT2D eigenvalue weighted by Gasteiger charge is 2.18. The maximum absolute atomic E-state index is 12.3. The topological polar surface area (TPSA) is 80.4 Å². The zero-order valence-electron chi connectivity index (χ0n) is 24.3. The lowest BCUT2D eigenvalue weighted by atomic mass is 10.0. The Bertz CT molecular complexity index is 1690. The van der Waals surface area contributed by atoms with E-state index in [-0.39, 0.29) is 0 Å². The molecule has 0 aliphatic carbocycles. The van der Waals surface area contributed by atoms with E-state index in [0.717, 1.165) is 39.5 Å². The Morgan fingerprint density at radius 1 is 1.00 bits per heavy atom. The van der Waals surface area contributed by atoms with Crippen molar-refractivity contribution in [3.8, 4) is 22.8 Å². The molecular formula is C32H35ClN4O4Si. The molecule has 5 aromatic rings. The van der Waals surface area contributed by atoms with Gasteiger partial charge in [-0.15, -0.1) is 0 Å². The highest BCUT2D eigenvalue weighted by molar-refractivity contribution is 6.76. The van der Waals surface area contributed by atoms with E-state index in [1.54, 1.807) is 17.8 Å². The number of rotatable bonds is 12. The van der Waals surface area contributed by atoms with Crippen LogP contribution in [0.1, 0.15) is 22.8 Å². The molecule has 2 aromatic heterocycles. The first-order valence-electron chi connectivity index (χ1n) is 14.0. The van der Waals surface area contributed by atoms with Crippen LogP contribution in [0.25, 0.3) is 28.1 Å². The Morgan fingerprint density at radius 2 is 1.81 bits per heavy atom. The van der Waals surface area contributed by atoms with E-state index in [2.05, 4.69) is 30.8 Å². The van der Waals surface area contributed by atoms with Gasteiger partial charge in [-0.05, 0) is 66.1 Å². The fraction of sp³-hybridized carbons (Fsp3) is 0.281. The smallest absolute Gasteiger partial charge is 0.341 e. The van der Waals surface area contributed by atoms with E-state index in [4.69, 9.17) is 30.8 Å². The minimum atomic E-state index is -1.24. The minimum Gasteiger partial charge on any atom is -0.489 e. The summed E-state index contributed by atoms with van der Waals surface area (Å²) < 4.78 is 20.9. The van der Waals surface area contributed by atoms with E-state index in [9.17, 15) is 4.79 Å². The number of imidazole rings is 1. The summed E-state index contributed by atoms with van der Waals surface area (Å²) in [4.78, 5) is 17.2. The molecule has 0 saturated heterocycles. The lowest BCUT2D eigenvalue weighted by molar-refractivity contribution is 0.0526. The molecule has 0 spiro atoms. The van der Waals surface area contributed by atoms with Crippen LogP contribution in [0.2, 0.25) is 30.7 Å². The lowest BCUT2D eigenvalue weighted by Crippen LogP contribution is -2.22. The monoisotopic (exact) mass is 602 g/mol. The standard InChI is InChI=1S/C32H35ClN4O4Si/c1-5-40-31(38)26-19-34-37(20-26)32-35-29-18-25(12-13-30(29)36(32)22-39-14-15-42(2,3)4)24-9-7-11-28(17-24)41-21-23-8-6-10-27(33)16-23/h6-13,16-20H,5,14-15,21-22H2,1-4H3. The number of benzene rings is 3. The minimum absolute atomic E-state index is 0.295. The average Bonchev–Trinajstić information content (AvgIpc) is 3.59. The summed E-state index contributed by atoms with van der Waals surface area (Å²) in [6.07, 6.45) is 3.13. The summed E-state index contributed by atoms with van der Waals surface area (Å²) in [6, 6.07) is 22.8. The molecule has 5 rings (SSSR count). The van der Waals surface area contributed by atoms with Gasteiger partial charge in [-0.3, -0.25) is 4.57 Å². The number of carbonyl (C=O) groups excluding carboxylic acids is 1. The summed E-state index contributed by atoms with van der Waals surface area (Å²) in [7, 11) is -1.24. The highest BCUT2D eigenvalue weighted by Crippen LogP contribution is 2.29. The first-order valence-corrected chi connectivity index (χ1v) is 18.1. The van der Waals surface area contributed by atoms with E-state index in [0.29, 0.717) is 43.1 Å². The fourth-order valence-corrected chi connectivity index (χ4v) is 5.41. The van der Waals surface area contributed by atoms with Crippen molar-refractivity contribution in [1.82, 2.24) is 19.3 Å². The van der Waals surface area contributed by atoms with Crippen LogP contribution in [0, 0.1) is 0 Å². The van der Waals surface area contributed by atoms with Crippen LogP contribution in [0.15, 0.2) is 79.1 Å². The molecule has 3 aromatic carbocycles. The molecule has 8 nitrogen and oxygen atoms in total. The van der Waals surface area contributed by atoms with Gasteiger partial charge in [0.15, 0.2) is 0 Å². The van der Waals surface area contributed by atoms with Gasteiger partial charge in [-0.1, -0.05) is 61.6 Å². The third-order valence-electron chi connectivity index (χ3n) is 6.71. The molecule has 0 atom stereocenters. The van der Waals surface area contributed by atoms with Crippen LogP contribution in [0.4, 0.5) is 0 Å². The van der Waals surface area contributed by atoms with Crippen LogP contribution in [0.3, 0.4) is 0 Å². The van der Waals surface area contributed by atoms with Crippen LogP contribution in [-0.4, -0.2) is 46.6 Å². The van der Waals surface area contributed by atoms with Crippen molar-refractivity contribution in [3.63, 3.8) is 0 Å². The second-order valence-corrected chi connectivity index (χ2v) is 17.3. The van der Waals surface area contributed by atoms with Crippen LogP contribution in [0.5, 0.6) is 5.75 Å². The molecule has 0 aliphatic rings. The molecule has 0 bridgehead atoms. The third-order valence-corrected chi connectivity index (χ3v) is 8.64. The molecular weight excluding hydrogens is 568 g/mol. The van der Waals surface area contributed by atoms with Crippen molar-refractivity contribution in [2.75, 3.05) is 13.2 Å². The SMILES string of the molecule is CCOC(=O)c1cnn(-c2nc3cc(-c4cccc(OCc5cccc(Cl)c5)c4)ccc3n2COCC[Si](C)(C)C)c1. The van der Waals surface area contributed by atoms with Crippen molar-refractivity contribution in [2.45, 2.75) is 45.9 Å². The van der Waals surface area contributed by atoms with Gasteiger partial charge in [0.25, 0.3) is 0 Å². The van der Waals surface area contributed by atoms with Crippen LogP contribution >= 0.6 is 11.6 Å². The number of halogens is 1. The van der Waals surface area contributed by atoms with E-state index in [1.165, 1.54) is 6.20 Å². The number of fused-ring (bicyclic) bond motifs is 1. The molecule has 0 N–H and O–H groups in total. The number of hydrogen-bond acceptors (Lipinski definition) is 6. The largest absolute Gasteiger partial charge is 0.489 e. The number of nitrogens with zero attached hydrogens (tertiary/aromatic N) is 4. The molecule has 0 aliphatic heterocycles. The van der Waals surface area contributed by atoms with Gasteiger partial charge in [0, 0.05) is 25.9 Å². The predicted octanol–water partition coefficient (Wildman–Crippen LogP) is 7.61. The van der Waals surface area contributed by atoms with Gasteiger partial charge in [-0.2, -0.15) is 5.10 Å². The number of hydrogen-bond donors (Lipinski definition) is 0. The van der Waals surface area contributed by atoms with Crippen molar-refractivity contribution in [2.24, 2.45) is 0 Å². The number of carbonyl (C=O) groups is 1. The highest BCUT2D eigenvalue weighted by atomic mass is 35.5. The van der Waals surface area contributed by atoms with Crippen molar-refractivity contribution < 1.29 is 19.0 Å². The second-order valence-electron chi connectivity index (χ2n) is 11.2. The molecule has 10 heteroatoms. The Morgan fingerprint density at radius 3 is 2.60 bits per heavy atom. The van der Waals surface area contributed by atoms with Crippen LogP contribution in [-0.2, 0) is 22.8 Å². The molecule has 218 valence electrons. The maximum atomic E-state index is 12.3. The Labute approximate surface area is 251 Å². The van der Waals surface area contributed by atoms with E-state index < -0.39 is 14.0 Å². The summed E-state index contributed by atoms with van der Waals surface area (Å²) in [6.45, 7) is 10.5. The Balaban J connectivity index is 1.43. The summed E-state index contributed by atoms with van der Waals surface area (Å²) in [5.41, 5.74) is 5.07. The summed E-state index contributed by atoms with van der Waals surface area (Å²) in [5.74, 6) is 0.902. The number of ether oxygens (including phenoxy) is 3. The summed E-state index contributed by atoms with van der Waals surface area (Å²) in [5, 5.41) is 5.10. The summed E-state index contributed by atoms with van der Waals surface area (Å²) >= 11 is 6.12. The maximum Gasteiger partial charge on any atom is 0.341 e. The molecule has 0 radical (unpaired) electrons. The van der Waals surface area contributed by atoms with Crippen LogP contribution < -0.4 is 4.74 Å². The van der Waals surface area contributed by atoms with Gasteiger partial charge in [0.05, 0.1) is 29.4 Å². The van der Waals surface area contributed by atoms with Crippen molar-refractivity contribution in [1.29, 1.82) is 0 Å². The predicted molar refractivity (Wildman–Crippen MR) is 168 cm³/mol. The zero-order chi connectivity index (χ0) is 29.7. The lowest BCUT2D eigenvalue weighted by Gasteiger charge is -2.16. The van der Waals surface area contributed by atoms with E-state index in [1.807, 2.05) is 65.2 Å². The number of esters is 1. The van der Waals surface area contributed by atoms with Gasteiger partial charge in [0.1, 0.15) is 19.1 Å². The van der Waals surface area contributed by atoms with Gasteiger partial charge < -0.3 is 14.2 Å². The average molecular weight is 603 g/mol. The second kappa shape index (κ2) is 12.9. The molecule has 0 fully saturated rings. The molecule has 42 heavy (non-hydrogen) atoms. The molecule has 2 heterocycles. The van der Waals surface area contributed by atoms with Gasteiger partial charge >= 0.3 is 5.97 Å². The van der Waals surface area contributed by atoms with Gasteiger partial charge in [-0.25, -0.2) is 14.5 Å². The zero-order valence-corrected chi connectivity index (χ0v) is 26.1. The number of aromatic nitrogens is 4. The van der Waals surface area contributed by atoms with Gasteiger partial charge in [0.2, 0.25) is 5.95 Å². The Hall–Kier alpha value is -3.92. The molecule has 0 amide bonds. The van der Waals surface area contributed by atoms with Crippen molar-refractivity contribution >= 4 is 36.7 Å². The fourth-order valence-electron chi connectivity index (χ4n) is 4.44.